The van der Waals surface area contributed by atoms with E-state index in [2.05, 4.69) is 6.92 Å². The highest BCUT2D eigenvalue weighted by atomic mass is 32.2. The second kappa shape index (κ2) is 5.61. The van der Waals surface area contributed by atoms with Gasteiger partial charge in [-0.3, -0.25) is 0 Å². The van der Waals surface area contributed by atoms with Crippen LogP contribution in [0.4, 0.5) is 0 Å². The third-order valence-electron chi connectivity index (χ3n) is 3.66. The van der Waals surface area contributed by atoms with Gasteiger partial charge in [-0.2, -0.15) is 4.31 Å². The van der Waals surface area contributed by atoms with Crippen LogP contribution in [0.1, 0.15) is 31.4 Å². The number of sulfonamides is 1. The van der Waals surface area contributed by atoms with Gasteiger partial charge in [0.15, 0.2) is 0 Å². The van der Waals surface area contributed by atoms with E-state index in [0.717, 1.165) is 17.5 Å². The number of hydrogen-bond donors (Lipinski definition) is 1. The van der Waals surface area contributed by atoms with E-state index < -0.39 is 10.0 Å². The minimum atomic E-state index is -3.23. The number of rotatable bonds is 4. The van der Waals surface area contributed by atoms with Gasteiger partial charge in [-0.1, -0.05) is 31.2 Å². The molecular formula is C14H22N2O2S. The maximum Gasteiger partial charge on any atom is 0.218 e. The molecule has 1 aromatic rings. The average Bonchev–Trinajstić information content (AvgIpc) is 2.69. The van der Waals surface area contributed by atoms with E-state index in [-0.39, 0.29) is 11.8 Å². The van der Waals surface area contributed by atoms with Crippen molar-refractivity contribution >= 4 is 10.0 Å². The topological polar surface area (TPSA) is 63.4 Å². The van der Waals surface area contributed by atoms with E-state index in [1.165, 1.54) is 0 Å². The predicted octanol–water partition coefficient (Wildman–Crippen LogP) is 1.71. The van der Waals surface area contributed by atoms with Gasteiger partial charge in [0.2, 0.25) is 10.0 Å². The van der Waals surface area contributed by atoms with Gasteiger partial charge in [0, 0.05) is 19.1 Å². The molecule has 2 unspecified atom stereocenters. The van der Waals surface area contributed by atoms with Crippen molar-refractivity contribution in [3.8, 4) is 0 Å². The number of benzene rings is 1. The fraction of sp³-hybridized carbons (Fsp3) is 0.571. The first-order chi connectivity index (χ1) is 8.92. The molecule has 4 nitrogen and oxygen atoms in total. The Morgan fingerprint density at radius 1 is 1.32 bits per heavy atom. The van der Waals surface area contributed by atoms with E-state index in [1.54, 1.807) is 4.31 Å². The molecule has 0 aliphatic carbocycles. The lowest BCUT2D eigenvalue weighted by molar-refractivity contribution is 0.405. The fourth-order valence-electron chi connectivity index (χ4n) is 2.79. The summed E-state index contributed by atoms with van der Waals surface area (Å²) < 4.78 is 26.6. The highest BCUT2D eigenvalue weighted by molar-refractivity contribution is 7.88. The van der Waals surface area contributed by atoms with Crippen LogP contribution in [0.5, 0.6) is 0 Å². The van der Waals surface area contributed by atoms with Crippen LogP contribution < -0.4 is 5.73 Å². The number of nitrogens with two attached hydrogens (primary N) is 1. The zero-order chi connectivity index (χ0) is 14.0. The van der Waals surface area contributed by atoms with Gasteiger partial charge in [-0.05, 0) is 30.4 Å². The molecule has 1 fully saturated rings. The normalized spacial score (nSPS) is 24.8. The van der Waals surface area contributed by atoms with Gasteiger partial charge in [-0.15, -0.1) is 0 Å². The molecule has 2 rings (SSSR count). The molecule has 1 aliphatic rings. The van der Waals surface area contributed by atoms with Crippen molar-refractivity contribution in [3.05, 3.63) is 35.4 Å². The van der Waals surface area contributed by atoms with E-state index in [0.29, 0.717) is 19.0 Å². The van der Waals surface area contributed by atoms with Crippen molar-refractivity contribution < 1.29 is 8.42 Å². The third-order valence-corrected chi connectivity index (χ3v) is 5.58. The highest BCUT2D eigenvalue weighted by Gasteiger charge is 2.34. The van der Waals surface area contributed by atoms with Crippen LogP contribution in [0.2, 0.25) is 0 Å². The molecule has 0 radical (unpaired) electrons. The molecular weight excluding hydrogens is 260 g/mol. The van der Waals surface area contributed by atoms with Crippen LogP contribution in [0.15, 0.2) is 24.3 Å². The van der Waals surface area contributed by atoms with Gasteiger partial charge in [0.05, 0.1) is 5.75 Å². The van der Waals surface area contributed by atoms with Crippen LogP contribution in [0.25, 0.3) is 0 Å². The zero-order valence-corrected chi connectivity index (χ0v) is 12.4. The predicted molar refractivity (Wildman–Crippen MR) is 76.9 cm³/mol. The summed E-state index contributed by atoms with van der Waals surface area (Å²) in [4.78, 5) is 0. The van der Waals surface area contributed by atoms with Crippen LogP contribution >= 0.6 is 0 Å². The molecule has 0 amide bonds. The van der Waals surface area contributed by atoms with Gasteiger partial charge >= 0.3 is 0 Å². The lowest BCUT2D eigenvalue weighted by Gasteiger charge is -2.21. The summed E-state index contributed by atoms with van der Waals surface area (Å²) in [6.07, 6.45) is 0.946. The number of nitrogens with zero attached hydrogens (tertiary/aromatic N) is 1. The number of hydrogen-bond acceptors (Lipinski definition) is 3. The van der Waals surface area contributed by atoms with Crippen molar-refractivity contribution in [2.45, 2.75) is 38.6 Å². The van der Waals surface area contributed by atoms with E-state index in [9.17, 15) is 8.42 Å². The summed E-state index contributed by atoms with van der Waals surface area (Å²) in [7, 11) is -3.23. The molecule has 1 heterocycles. The Morgan fingerprint density at radius 3 is 2.58 bits per heavy atom. The first kappa shape index (κ1) is 14.5. The van der Waals surface area contributed by atoms with E-state index in [1.807, 2.05) is 31.2 Å². The van der Waals surface area contributed by atoms with E-state index in [4.69, 9.17) is 5.73 Å². The molecule has 1 aromatic carbocycles. The van der Waals surface area contributed by atoms with Crippen molar-refractivity contribution in [3.63, 3.8) is 0 Å². The minimum absolute atomic E-state index is 0.0674. The molecule has 5 heteroatoms. The third kappa shape index (κ3) is 3.35. The Bertz CT molecular complexity index is 542. The Balaban J connectivity index is 2.17. The summed E-state index contributed by atoms with van der Waals surface area (Å²) in [5.41, 5.74) is 7.37. The Morgan fingerprint density at radius 2 is 2.00 bits per heavy atom. The second-order valence-corrected chi connectivity index (χ2v) is 7.46. The van der Waals surface area contributed by atoms with E-state index >= 15 is 0 Å². The molecule has 2 atom stereocenters. The minimum Gasteiger partial charge on any atom is -0.326 e. The Hall–Kier alpha value is -0.910. The van der Waals surface area contributed by atoms with Crippen LogP contribution in [-0.2, 0) is 22.3 Å². The Labute approximate surface area is 115 Å². The molecule has 106 valence electrons. The maximum absolute atomic E-state index is 12.5. The van der Waals surface area contributed by atoms with Crippen molar-refractivity contribution in [1.29, 1.82) is 0 Å². The second-order valence-electron chi connectivity index (χ2n) is 5.54. The monoisotopic (exact) mass is 282 g/mol. The summed E-state index contributed by atoms with van der Waals surface area (Å²) in [6.45, 7) is 5.16. The van der Waals surface area contributed by atoms with Crippen LogP contribution in [0, 0.1) is 5.92 Å². The lowest BCUT2D eigenvalue weighted by Crippen LogP contribution is -2.34. The fourth-order valence-corrected chi connectivity index (χ4v) is 4.67. The van der Waals surface area contributed by atoms with Crippen LogP contribution in [-0.4, -0.2) is 25.3 Å². The van der Waals surface area contributed by atoms with Gasteiger partial charge in [-0.25, -0.2) is 8.42 Å². The maximum atomic E-state index is 12.5. The average molecular weight is 282 g/mol. The first-order valence-corrected chi connectivity index (χ1v) is 8.30. The van der Waals surface area contributed by atoms with Gasteiger partial charge in [0.25, 0.3) is 0 Å². The largest absolute Gasteiger partial charge is 0.326 e. The van der Waals surface area contributed by atoms with Gasteiger partial charge < -0.3 is 5.73 Å². The van der Waals surface area contributed by atoms with Crippen molar-refractivity contribution in [2.75, 3.05) is 6.54 Å². The Kier molecular flexibility index (Phi) is 4.28. The standard InChI is InChI=1S/C14H22N2O2S/c1-11-6-12(2)16(9-11)19(17,18)10-14-5-3-4-13(7-14)8-15/h3-5,7,11-12H,6,8-10,15H2,1-2H3. The molecule has 0 bridgehead atoms. The molecule has 19 heavy (non-hydrogen) atoms. The highest BCUT2D eigenvalue weighted by Crippen LogP contribution is 2.27. The smallest absolute Gasteiger partial charge is 0.218 e. The summed E-state index contributed by atoms with van der Waals surface area (Å²) in [6, 6.07) is 7.61. The molecule has 0 saturated carbocycles. The summed E-state index contributed by atoms with van der Waals surface area (Å²) in [5, 5.41) is 0. The summed E-state index contributed by atoms with van der Waals surface area (Å²) >= 11 is 0. The van der Waals surface area contributed by atoms with Crippen molar-refractivity contribution in [1.82, 2.24) is 4.31 Å². The lowest BCUT2D eigenvalue weighted by atomic mass is 10.1. The molecule has 1 aliphatic heterocycles. The first-order valence-electron chi connectivity index (χ1n) is 6.70. The molecule has 0 aromatic heterocycles. The van der Waals surface area contributed by atoms with Gasteiger partial charge in [0.1, 0.15) is 0 Å². The van der Waals surface area contributed by atoms with Crippen molar-refractivity contribution in [2.24, 2.45) is 11.7 Å². The quantitative estimate of drug-likeness (QED) is 0.914. The molecule has 0 spiro atoms. The summed E-state index contributed by atoms with van der Waals surface area (Å²) in [5.74, 6) is 0.512. The molecule has 2 N–H and O–H groups in total. The van der Waals surface area contributed by atoms with Crippen LogP contribution in [0.3, 0.4) is 0 Å². The molecule has 1 saturated heterocycles. The zero-order valence-electron chi connectivity index (χ0n) is 11.5. The SMILES string of the molecule is CC1CC(C)N(S(=O)(=O)Cc2cccc(CN)c2)C1.